The SMILES string of the molecule is CC(=O)[C@@H](C)OC(=O)c1cc(S(C)(=O)=O)ccc1Cl. The molecule has 0 saturated carbocycles. The normalized spacial score (nSPS) is 12.8. The molecule has 0 heterocycles. The number of ether oxygens (including phenoxy) is 1. The molecule has 7 heteroatoms. The van der Waals surface area contributed by atoms with E-state index in [-0.39, 0.29) is 21.3 Å². The number of benzene rings is 1. The molecule has 5 nitrogen and oxygen atoms in total. The van der Waals surface area contributed by atoms with Crippen molar-refractivity contribution < 1.29 is 22.7 Å². The summed E-state index contributed by atoms with van der Waals surface area (Å²) in [5, 5.41) is 0.0631. The molecule has 0 spiro atoms. The number of hydrogen-bond donors (Lipinski definition) is 0. The van der Waals surface area contributed by atoms with E-state index in [0.717, 1.165) is 12.3 Å². The van der Waals surface area contributed by atoms with Gasteiger partial charge in [-0.2, -0.15) is 0 Å². The lowest BCUT2D eigenvalue weighted by Gasteiger charge is -2.11. The summed E-state index contributed by atoms with van der Waals surface area (Å²) in [6.45, 7) is 2.71. The van der Waals surface area contributed by atoms with Gasteiger partial charge in [0.2, 0.25) is 0 Å². The predicted octanol–water partition coefficient (Wildman–Crippen LogP) is 1.88. The van der Waals surface area contributed by atoms with Gasteiger partial charge in [0, 0.05) is 6.26 Å². The number of halogens is 1. The van der Waals surface area contributed by atoms with Crippen LogP contribution in [0.1, 0.15) is 24.2 Å². The van der Waals surface area contributed by atoms with Crippen LogP contribution < -0.4 is 0 Å². The molecule has 0 unspecified atom stereocenters. The summed E-state index contributed by atoms with van der Waals surface area (Å²) < 4.78 is 27.7. The quantitative estimate of drug-likeness (QED) is 0.794. The first-order valence-electron chi connectivity index (χ1n) is 5.34. The molecule has 0 aliphatic rings. The van der Waals surface area contributed by atoms with Crippen molar-refractivity contribution in [2.24, 2.45) is 0 Å². The van der Waals surface area contributed by atoms with Gasteiger partial charge in [-0.25, -0.2) is 13.2 Å². The Morgan fingerprint density at radius 3 is 2.37 bits per heavy atom. The van der Waals surface area contributed by atoms with E-state index in [1.54, 1.807) is 0 Å². The van der Waals surface area contributed by atoms with Crippen LogP contribution in [0.5, 0.6) is 0 Å². The Labute approximate surface area is 116 Å². The summed E-state index contributed by atoms with van der Waals surface area (Å²) in [5.74, 6) is -1.15. The van der Waals surface area contributed by atoms with Gasteiger partial charge in [0.1, 0.15) is 0 Å². The van der Waals surface area contributed by atoms with Crippen LogP contribution >= 0.6 is 11.6 Å². The second-order valence-electron chi connectivity index (χ2n) is 4.07. The number of rotatable bonds is 4. The van der Waals surface area contributed by atoms with Crippen LogP contribution in [0.3, 0.4) is 0 Å². The summed E-state index contributed by atoms with van der Waals surface area (Å²) in [7, 11) is -3.45. The third-order valence-electron chi connectivity index (χ3n) is 2.44. The molecule has 0 radical (unpaired) electrons. The molecule has 19 heavy (non-hydrogen) atoms. The minimum absolute atomic E-state index is 0.0423. The Bertz CT molecular complexity index is 621. The zero-order valence-electron chi connectivity index (χ0n) is 10.6. The average Bonchev–Trinajstić information content (AvgIpc) is 2.27. The summed E-state index contributed by atoms with van der Waals surface area (Å²) in [5.41, 5.74) is -0.0855. The van der Waals surface area contributed by atoms with Crippen LogP contribution in [-0.4, -0.2) is 32.5 Å². The Hall–Kier alpha value is -1.40. The standard InChI is InChI=1S/C12H13ClO5S/c1-7(14)8(2)18-12(15)10-6-9(19(3,16)17)4-5-11(10)13/h4-6,8H,1-3H3/t8-/m1/s1. The highest BCUT2D eigenvalue weighted by atomic mass is 35.5. The molecule has 1 atom stereocenters. The number of Topliss-reactive ketones (excluding diaryl/α,β-unsaturated/α-hetero) is 1. The maximum absolute atomic E-state index is 11.8. The Morgan fingerprint density at radius 2 is 1.89 bits per heavy atom. The topological polar surface area (TPSA) is 77.5 Å². The molecule has 0 aliphatic heterocycles. The molecule has 1 aromatic carbocycles. The van der Waals surface area contributed by atoms with E-state index in [2.05, 4.69) is 0 Å². The molecular weight excluding hydrogens is 292 g/mol. The van der Waals surface area contributed by atoms with Crippen molar-refractivity contribution in [2.45, 2.75) is 24.8 Å². The van der Waals surface area contributed by atoms with Crippen LogP contribution in [-0.2, 0) is 19.4 Å². The first kappa shape index (κ1) is 15.7. The van der Waals surface area contributed by atoms with Crippen molar-refractivity contribution >= 4 is 33.2 Å². The number of hydrogen-bond acceptors (Lipinski definition) is 5. The highest BCUT2D eigenvalue weighted by Gasteiger charge is 2.20. The maximum Gasteiger partial charge on any atom is 0.340 e. The molecule has 0 N–H and O–H groups in total. The zero-order chi connectivity index (χ0) is 14.8. The van der Waals surface area contributed by atoms with E-state index in [4.69, 9.17) is 16.3 Å². The molecule has 1 rings (SSSR count). The molecule has 0 fully saturated rings. The minimum Gasteiger partial charge on any atom is -0.451 e. The van der Waals surface area contributed by atoms with Crippen molar-refractivity contribution in [1.82, 2.24) is 0 Å². The highest BCUT2D eigenvalue weighted by Crippen LogP contribution is 2.21. The molecule has 104 valence electrons. The van der Waals surface area contributed by atoms with Crippen LogP contribution in [0.4, 0.5) is 0 Å². The number of sulfone groups is 1. The van der Waals surface area contributed by atoms with Gasteiger partial charge in [-0.1, -0.05) is 11.6 Å². The minimum atomic E-state index is -3.45. The van der Waals surface area contributed by atoms with Gasteiger partial charge in [0.15, 0.2) is 21.7 Å². The lowest BCUT2D eigenvalue weighted by molar-refractivity contribution is -0.124. The highest BCUT2D eigenvalue weighted by molar-refractivity contribution is 7.90. The summed E-state index contributed by atoms with van der Waals surface area (Å²) in [6.07, 6.45) is 0.106. The van der Waals surface area contributed by atoms with E-state index in [9.17, 15) is 18.0 Å². The Morgan fingerprint density at radius 1 is 1.32 bits per heavy atom. The Kier molecular flexibility index (Phi) is 4.70. The summed E-state index contributed by atoms with van der Waals surface area (Å²) in [6, 6.07) is 3.72. The first-order chi connectivity index (χ1) is 8.62. The molecular formula is C12H13ClO5S. The molecule has 1 aromatic rings. The van der Waals surface area contributed by atoms with Crippen LogP contribution in [0, 0.1) is 0 Å². The van der Waals surface area contributed by atoms with E-state index < -0.39 is 21.9 Å². The lowest BCUT2D eigenvalue weighted by atomic mass is 10.2. The van der Waals surface area contributed by atoms with Gasteiger partial charge in [-0.15, -0.1) is 0 Å². The summed E-state index contributed by atoms with van der Waals surface area (Å²) in [4.78, 5) is 22.8. The van der Waals surface area contributed by atoms with Gasteiger partial charge in [-0.05, 0) is 32.0 Å². The number of ketones is 1. The fourth-order valence-corrected chi connectivity index (χ4v) is 2.04. The van der Waals surface area contributed by atoms with Crippen LogP contribution in [0.25, 0.3) is 0 Å². The van der Waals surface area contributed by atoms with E-state index in [1.807, 2.05) is 0 Å². The average molecular weight is 305 g/mol. The number of carbonyl (C=O) groups is 2. The van der Waals surface area contributed by atoms with Gasteiger partial charge >= 0.3 is 5.97 Å². The predicted molar refractivity (Wildman–Crippen MR) is 70.1 cm³/mol. The Balaban J connectivity index is 3.13. The lowest BCUT2D eigenvalue weighted by Crippen LogP contribution is -2.22. The largest absolute Gasteiger partial charge is 0.451 e. The van der Waals surface area contributed by atoms with E-state index in [0.29, 0.717) is 0 Å². The third kappa shape index (κ3) is 4.04. The van der Waals surface area contributed by atoms with Crippen molar-refractivity contribution in [3.05, 3.63) is 28.8 Å². The van der Waals surface area contributed by atoms with Crippen molar-refractivity contribution in [2.75, 3.05) is 6.26 Å². The second-order valence-corrected chi connectivity index (χ2v) is 6.49. The molecule has 0 bridgehead atoms. The first-order valence-corrected chi connectivity index (χ1v) is 7.61. The van der Waals surface area contributed by atoms with Crippen molar-refractivity contribution in [1.29, 1.82) is 0 Å². The fourth-order valence-electron chi connectivity index (χ4n) is 1.20. The third-order valence-corrected chi connectivity index (χ3v) is 3.88. The van der Waals surface area contributed by atoms with Crippen molar-refractivity contribution in [3.8, 4) is 0 Å². The van der Waals surface area contributed by atoms with Gasteiger partial charge in [0.05, 0.1) is 15.5 Å². The zero-order valence-corrected chi connectivity index (χ0v) is 12.2. The van der Waals surface area contributed by atoms with Crippen LogP contribution in [0.15, 0.2) is 23.1 Å². The molecule has 0 aromatic heterocycles. The van der Waals surface area contributed by atoms with Crippen molar-refractivity contribution in [3.63, 3.8) is 0 Å². The molecule has 0 amide bonds. The monoisotopic (exact) mass is 304 g/mol. The van der Waals surface area contributed by atoms with E-state index in [1.165, 1.54) is 26.0 Å². The van der Waals surface area contributed by atoms with Gasteiger partial charge in [0.25, 0.3) is 0 Å². The van der Waals surface area contributed by atoms with Gasteiger partial charge < -0.3 is 4.74 Å². The van der Waals surface area contributed by atoms with E-state index >= 15 is 0 Å². The number of carbonyl (C=O) groups excluding carboxylic acids is 2. The smallest absolute Gasteiger partial charge is 0.340 e. The molecule has 0 aliphatic carbocycles. The second kappa shape index (κ2) is 5.71. The van der Waals surface area contributed by atoms with Crippen LogP contribution in [0.2, 0.25) is 5.02 Å². The number of esters is 1. The maximum atomic E-state index is 11.8. The fraction of sp³-hybridized carbons (Fsp3) is 0.333. The molecule has 0 saturated heterocycles. The summed E-state index contributed by atoms with van der Waals surface area (Å²) >= 11 is 5.82. The van der Waals surface area contributed by atoms with Gasteiger partial charge in [-0.3, -0.25) is 4.79 Å².